The van der Waals surface area contributed by atoms with Gasteiger partial charge in [0.25, 0.3) is 0 Å². The van der Waals surface area contributed by atoms with Crippen LogP contribution in [0, 0.1) is 5.21 Å². The van der Waals surface area contributed by atoms with Gasteiger partial charge in [-0.2, -0.15) is 0 Å². The van der Waals surface area contributed by atoms with Crippen molar-refractivity contribution >= 4 is 0 Å². The van der Waals surface area contributed by atoms with Gasteiger partial charge in [-0.15, -0.1) is 0 Å². The Balaban J connectivity index is 2.31. The Morgan fingerprint density at radius 1 is 1.30 bits per heavy atom. The first-order valence-electron chi connectivity index (χ1n) is 3.39. The van der Waals surface area contributed by atoms with Gasteiger partial charge in [-0.05, 0) is 18.9 Å². The normalized spacial score (nSPS) is 26.7. The quantitative estimate of drug-likeness (QED) is 0.577. The number of nitrogens with one attached hydrogen (secondary N) is 1. The largest absolute Gasteiger partial charge is 0.788 e. The Morgan fingerprint density at radius 3 is 2.20 bits per heavy atom. The van der Waals surface area contributed by atoms with Crippen LogP contribution in [0.2, 0.25) is 0 Å². The summed E-state index contributed by atoms with van der Waals surface area (Å²) in [5, 5.41) is 10.0. The molecule has 2 nitrogen and oxygen atoms in total. The zero-order chi connectivity index (χ0) is 7.61. The zero-order valence-corrected chi connectivity index (χ0v) is 5.57. The fourth-order valence-electron chi connectivity index (χ4n) is 1.16. The van der Waals surface area contributed by atoms with E-state index in [1.807, 2.05) is 0 Å². The maximum absolute atomic E-state index is 12.4. The lowest BCUT2D eigenvalue weighted by Gasteiger charge is -2.30. The number of rotatable bonds is 1. The highest BCUT2D eigenvalue weighted by molar-refractivity contribution is 4.81. The Labute approximate surface area is 58.2 Å². The molecule has 10 heavy (non-hydrogen) atoms. The second-order valence-corrected chi connectivity index (χ2v) is 2.75. The Bertz CT molecular complexity index is 108. The number of hydrogen-bond donors (Lipinski definition) is 1. The van der Waals surface area contributed by atoms with Gasteiger partial charge in [-0.3, -0.25) is 0 Å². The molecule has 1 aliphatic carbocycles. The van der Waals surface area contributed by atoms with Crippen molar-refractivity contribution < 1.29 is 8.78 Å². The molecule has 0 aromatic rings. The molecule has 0 atom stereocenters. The van der Waals surface area contributed by atoms with Crippen LogP contribution in [0.1, 0.15) is 25.7 Å². The average molecular weight is 150 g/mol. The summed E-state index contributed by atoms with van der Waals surface area (Å²) in [5.41, 5.74) is 1.76. The number of halogens is 2. The predicted molar refractivity (Wildman–Crippen MR) is 33.7 cm³/mol. The smallest absolute Gasteiger partial charge is 0.248 e. The molecule has 1 fully saturated rings. The van der Waals surface area contributed by atoms with Crippen molar-refractivity contribution in [3.05, 3.63) is 5.21 Å². The molecule has 4 heteroatoms. The molecule has 0 heterocycles. The van der Waals surface area contributed by atoms with Crippen LogP contribution in [0.15, 0.2) is 0 Å². The van der Waals surface area contributed by atoms with Crippen molar-refractivity contribution in [1.29, 1.82) is 0 Å². The van der Waals surface area contributed by atoms with Crippen LogP contribution in [-0.2, 0) is 0 Å². The first-order chi connectivity index (χ1) is 4.64. The van der Waals surface area contributed by atoms with E-state index in [4.69, 9.17) is 0 Å². The molecule has 0 spiro atoms. The molecule has 0 aromatic heterocycles. The first kappa shape index (κ1) is 7.88. The van der Waals surface area contributed by atoms with E-state index in [-0.39, 0.29) is 18.9 Å². The maximum atomic E-state index is 12.4. The van der Waals surface area contributed by atoms with Crippen LogP contribution >= 0.6 is 0 Å². The third kappa shape index (κ3) is 1.88. The molecular weight excluding hydrogens is 140 g/mol. The van der Waals surface area contributed by atoms with Crippen molar-refractivity contribution in [3.63, 3.8) is 0 Å². The number of hydroxylamine groups is 1. The van der Waals surface area contributed by atoms with E-state index >= 15 is 0 Å². The molecule has 1 aliphatic rings. The lowest BCUT2D eigenvalue weighted by molar-refractivity contribution is -0.0394. The second kappa shape index (κ2) is 2.80. The van der Waals surface area contributed by atoms with Gasteiger partial charge in [0.05, 0.1) is 0 Å². The topological polar surface area (TPSA) is 35.1 Å². The highest BCUT2D eigenvalue weighted by Gasteiger charge is 2.33. The minimum absolute atomic E-state index is 0.146. The van der Waals surface area contributed by atoms with Crippen LogP contribution in [-0.4, -0.2) is 12.0 Å². The molecule has 1 N–H and O–H groups in total. The Kier molecular flexibility index (Phi) is 2.21. The van der Waals surface area contributed by atoms with Gasteiger partial charge in [-0.25, -0.2) is 8.78 Å². The molecule has 0 bridgehead atoms. The molecule has 60 valence electrons. The summed E-state index contributed by atoms with van der Waals surface area (Å²) in [4.78, 5) is 0. The van der Waals surface area contributed by atoms with Crippen LogP contribution in [0.3, 0.4) is 0 Å². The predicted octanol–water partition coefficient (Wildman–Crippen LogP) is 1.65. The van der Waals surface area contributed by atoms with E-state index in [9.17, 15) is 14.0 Å². The third-order valence-electron chi connectivity index (χ3n) is 1.88. The molecular formula is C6H10F2NO-. The van der Waals surface area contributed by atoms with E-state index in [0.29, 0.717) is 12.8 Å². The molecule has 0 radical (unpaired) electrons. The van der Waals surface area contributed by atoms with Gasteiger partial charge in [0.2, 0.25) is 5.92 Å². The van der Waals surface area contributed by atoms with E-state index in [1.165, 1.54) is 0 Å². The summed E-state index contributed by atoms with van der Waals surface area (Å²) in [5.74, 6) is -2.52. The Hall–Kier alpha value is -0.220. The second-order valence-electron chi connectivity index (χ2n) is 2.75. The van der Waals surface area contributed by atoms with Crippen molar-refractivity contribution in [3.8, 4) is 0 Å². The third-order valence-corrected chi connectivity index (χ3v) is 1.88. The summed E-state index contributed by atoms with van der Waals surface area (Å²) < 4.78 is 24.8. The van der Waals surface area contributed by atoms with Gasteiger partial charge in [-0.1, -0.05) is 0 Å². The number of hydrogen-bond acceptors (Lipinski definition) is 2. The van der Waals surface area contributed by atoms with E-state index in [1.54, 1.807) is 5.48 Å². The average Bonchev–Trinajstić information content (AvgIpc) is 1.88. The minimum atomic E-state index is -2.52. The van der Waals surface area contributed by atoms with Gasteiger partial charge >= 0.3 is 0 Å². The van der Waals surface area contributed by atoms with E-state index < -0.39 is 5.92 Å². The van der Waals surface area contributed by atoms with Gasteiger partial charge in [0.1, 0.15) is 0 Å². The summed E-state index contributed by atoms with van der Waals surface area (Å²) in [6.45, 7) is 0. The SMILES string of the molecule is [O-]NC1CCC(F)(F)CC1. The van der Waals surface area contributed by atoms with Gasteiger partial charge in [0, 0.05) is 12.8 Å². The van der Waals surface area contributed by atoms with Crippen molar-refractivity contribution in [2.24, 2.45) is 0 Å². The zero-order valence-electron chi connectivity index (χ0n) is 5.57. The summed E-state index contributed by atoms with van der Waals surface area (Å²) in [7, 11) is 0. The van der Waals surface area contributed by atoms with Crippen LogP contribution < -0.4 is 5.48 Å². The maximum Gasteiger partial charge on any atom is 0.248 e. The molecule has 1 saturated carbocycles. The highest BCUT2D eigenvalue weighted by Crippen LogP contribution is 2.32. The molecule has 0 amide bonds. The van der Waals surface area contributed by atoms with Crippen molar-refractivity contribution in [1.82, 2.24) is 5.48 Å². The molecule has 1 rings (SSSR count). The van der Waals surface area contributed by atoms with Crippen LogP contribution in [0.25, 0.3) is 0 Å². The number of alkyl halides is 2. The van der Waals surface area contributed by atoms with E-state index in [2.05, 4.69) is 0 Å². The summed E-state index contributed by atoms with van der Waals surface area (Å²) in [6, 6.07) is -0.236. The monoisotopic (exact) mass is 150 g/mol. The molecule has 0 aliphatic heterocycles. The highest BCUT2D eigenvalue weighted by atomic mass is 19.3. The van der Waals surface area contributed by atoms with E-state index in [0.717, 1.165) is 0 Å². The molecule has 0 unspecified atom stereocenters. The fourth-order valence-corrected chi connectivity index (χ4v) is 1.16. The van der Waals surface area contributed by atoms with Crippen molar-refractivity contribution in [2.45, 2.75) is 37.6 Å². The summed E-state index contributed by atoms with van der Waals surface area (Å²) in [6.07, 6.45) is 0.312. The van der Waals surface area contributed by atoms with Crippen molar-refractivity contribution in [2.75, 3.05) is 0 Å². The molecule has 0 saturated heterocycles. The minimum Gasteiger partial charge on any atom is -0.788 e. The molecule has 0 aromatic carbocycles. The first-order valence-corrected chi connectivity index (χ1v) is 3.39. The Morgan fingerprint density at radius 2 is 1.80 bits per heavy atom. The lowest BCUT2D eigenvalue weighted by atomic mass is 9.93. The van der Waals surface area contributed by atoms with Gasteiger partial charge in [0.15, 0.2) is 0 Å². The fraction of sp³-hybridized carbons (Fsp3) is 1.00. The van der Waals surface area contributed by atoms with Gasteiger partial charge < -0.3 is 10.7 Å². The standard InChI is InChI=1S/C6H10F2NO/c7-6(8)3-1-5(9-10)2-4-6/h5,9H,1-4H2/q-1. The lowest BCUT2D eigenvalue weighted by Crippen LogP contribution is -2.34. The van der Waals surface area contributed by atoms with Crippen LogP contribution in [0.5, 0.6) is 0 Å². The van der Waals surface area contributed by atoms with Crippen LogP contribution in [0.4, 0.5) is 8.78 Å². The summed E-state index contributed by atoms with van der Waals surface area (Å²) >= 11 is 0.